The lowest BCUT2D eigenvalue weighted by atomic mass is 9.94. The molecule has 1 aliphatic rings. The molecule has 1 aliphatic heterocycles. The quantitative estimate of drug-likeness (QED) is 0.749. The van der Waals surface area contributed by atoms with E-state index in [0.29, 0.717) is 32.6 Å². The van der Waals surface area contributed by atoms with Gasteiger partial charge in [0, 0.05) is 21.4 Å². The average Bonchev–Trinajstić information content (AvgIpc) is 2.54. The van der Waals surface area contributed by atoms with E-state index in [1.807, 2.05) is 0 Å². The number of carbonyl (C=O) groups excluding carboxylic acids is 2. The first-order chi connectivity index (χ1) is 12.0. The molecular formula is C18H15Cl2N3O2. The van der Waals surface area contributed by atoms with Crippen LogP contribution in [0, 0.1) is 0 Å². The Hall–Kier alpha value is -2.50. The SMILES string of the molecule is CC1=C(C(=O)Nc2cccc(Cl)c2)[C@@H](c2ccccc2Cl)NC(=O)N1. The van der Waals surface area contributed by atoms with Crippen molar-refractivity contribution in [1.29, 1.82) is 0 Å². The lowest BCUT2D eigenvalue weighted by molar-refractivity contribution is -0.113. The van der Waals surface area contributed by atoms with Gasteiger partial charge in [0.15, 0.2) is 0 Å². The van der Waals surface area contributed by atoms with Gasteiger partial charge >= 0.3 is 6.03 Å². The van der Waals surface area contributed by atoms with Crippen molar-refractivity contribution >= 4 is 40.8 Å². The summed E-state index contributed by atoms with van der Waals surface area (Å²) in [5.74, 6) is -0.350. The van der Waals surface area contributed by atoms with Crippen LogP contribution in [0.4, 0.5) is 10.5 Å². The van der Waals surface area contributed by atoms with Crippen molar-refractivity contribution in [3.63, 3.8) is 0 Å². The molecule has 1 heterocycles. The number of allylic oxidation sites excluding steroid dienone is 1. The second-order valence-electron chi connectivity index (χ2n) is 5.56. The Kier molecular flexibility index (Phi) is 4.97. The number of rotatable bonds is 3. The Bertz CT molecular complexity index is 880. The lowest BCUT2D eigenvalue weighted by Gasteiger charge is -2.29. The van der Waals surface area contributed by atoms with E-state index in [9.17, 15) is 9.59 Å². The fourth-order valence-electron chi connectivity index (χ4n) is 2.70. The Morgan fingerprint density at radius 2 is 1.88 bits per heavy atom. The molecule has 1 atom stereocenters. The Morgan fingerprint density at radius 3 is 2.60 bits per heavy atom. The summed E-state index contributed by atoms with van der Waals surface area (Å²) in [6, 6.07) is 12.9. The molecule has 0 saturated carbocycles. The molecule has 0 unspecified atom stereocenters. The van der Waals surface area contributed by atoms with E-state index in [4.69, 9.17) is 23.2 Å². The normalized spacial score (nSPS) is 16.9. The number of hydrogen-bond acceptors (Lipinski definition) is 2. The summed E-state index contributed by atoms with van der Waals surface area (Å²) in [5, 5.41) is 9.16. The van der Waals surface area contributed by atoms with Gasteiger partial charge in [0.2, 0.25) is 0 Å². The van der Waals surface area contributed by atoms with Gasteiger partial charge in [-0.25, -0.2) is 4.79 Å². The molecule has 7 heteroatoms. The zero-order valence-electron chi connectivity index (χ0n) is 13.3. The number of halogens is 2. The van der Waals surface area contributed by atoms with Gasteiger partial charge in [-0.3, -0.25) is 4.79 Å². The summed E-state index contributed by atoms with van der Waals surface area (Å²) < 4.78 is 0. The van der Waals surface area contributed by atoms with Gasteiger partial charge in [-0.2, -0.15) is 0 Å². The zero-order chi connectivity index (χ0) is 18.0. The van der Waals surface area contributed by atoms with Crippen LogP contribution >= 0.6 is 23.2 Å². The van der Waals surface area contributed by atoms with Crippen molar-refractivity contribution in [2.75, 3.05) is 5.32 Å². The maximum atomic E-state index is 12.8. The lowest BCUT2D eigenvalue weighted by Crippen LogP contribution is -2.46. The van der Waals surface area contributed by atoms with E-state index in [0.717, 1.165) is 0 Å². The van der Waals surface area contributed by atoms with Gasteiger partial charge in [-0.1, -0.05) is 47.5 Å². The molecule has 3 N–H and O–H groups in total. The summed E-state index contributed by atoms with van der Waals surface area (Å²) in [4.78, 5) is 24.7. The molecule has 128 valence electrons. The Morgan fingerprint density at radius 1 is 1.12 bits per heavy atom. The van der Waals surface area contributed by atoms with E-state index in [-0.39, 0.29) is 11.9 Å². The fourth-order valence-corrected chi connectivity index (χ4v) is 3.14. The van der Waals surface area contributed by atoms with Crippen molar-refractivity contribution in [3.05, 3.63) is 75.4 Å². The highest BCUT2D eigenvalue weighted by molar-refractivity contribution is 6.31. The molecule has 0 spiro atoms. The molecule has 25 heavy (non-hydrogen) atoms. The minimum atomic E-state index is -0.651. The number of urea groups is 1. The van der Waals surface area contributed by atoms with Crippen LogP contribution in [-0.2, 0) is 4.79 Å². The van der Waals surface area contributed by atoms with Crippen molar-refractivity contribution < 1.29 is 9.59 Å². The molecular weight excluding hydrogens is 361 g/mol. The molecule has 2 aromatic carbocycles. The Labute approximate surface area is 155 Å². The minimum Gasteiger partial charge on any atom is -0.327 e. The first kappa shape index (κ1) is 17.3. The van der Waals surface area contributed by atoms with Crippen LogP contribution < -0.4 is 16.0 Å². The van der Waals surface area contributed by atoms with Gasteiger partial charge in [-0.15, -0.1) is 0 Å². The van der Waals surface area contributed by atoms with Crippen LogP contribution in [0.5, 0.6) is 0 Å². The third-order valence-corrected chi connectivity index (χ3v) is 4.39. The molecule has 0 aliphatic carbocycles. The molecule has 3 rings (SSSR count). The zero-order valence-corrected chi connectivity index (χ0v) is 14.8. The molecule has 0 fully saturated rings. The number of anilines is 1. The molecule has 0 radical (unpaired) electrons. The average molecular weight is 376 g/mol. The predicted octanol–water partition coefficient (Wildman–Crippen LogP) is 4.26. The highest BCUT2D eigenvalue weighted by Gasteiger charge is 2.32. The van der Waals surface area contributed by atoms with Crippen LogP contribution in [0.15, 0.2) is 59.8 Å². The largest absolute Gasteiger partial charge is 0.327 e. The van der Waals surface area contributed by atoms with Crippen LogP contribution in [0.3, 0.4) is 0 Å². The van der Waals surface area contributed by atoms with Gasteiger partial charge in [-0.05, 0) is 36.8 Å². The highest BCUT2D eigenvalue weighted by atomic mass is 35.5. The van der Waals surface area contributed by atoms with E-state index in [1.54, 1.807) is 55.5 Å². The monoisotopic (exact) mass is 375 g/mol. The molecule has 2 aromatic rings. The Balaban J connectivity index is 1.97. The standard InChI is InChI=1S/C18H15Cl2N3O2/c1-10-15(17(24)22-12-6-4-5-11(19)9-12)16(23-18(25)21-10)13-7-2-3-8-14(13)20/h2-9,16H,1H3,(H,22,24)(H2,21,23,25)/t16-/m1/s1. The smallest absolute Gasteiger partial charge is 0.319 e. The second kappa shape index (κ2) is 7.17. The van der Waals surface area contributed by atoms with Crippen molar-refractivity contribution in [3.8, 4) is 0 Å². The van der Waals surface area contributed by atoms with Crippen molar-refractivity contribution in [1.82, 2.24) is 10.6 Å². The maximum Gasteiger partial charge on any atom is 0.319 e. The van der Waals surface area contributed by atoms with Crippen LogP contribution in [-0.4, -0.2) is 11.9 Å². The minimum absolute atomic E-state index is 0.350. The van der Waals surface area contributed by atoms with E-state index in [2.05, 4.69) is 16.0 Å². The summed E-state index contributed by atoms with van der Waals surface area (Å²) in [5.41, 5.74) is 2.06. The second-order valence-corrected chi connectivity index (χ2v) is 6.40. The molecule has 0 saturated heterocycles. The first-order valence-corrected chi connectivity index (χ1v) is 8.31. The third kappa shape index (κ3) is 3.78. The van der Waals surface area contributed by atoms with E-state index in [1.165, 1.54) is 0 Å². The summed E-state index contributed by atoms with van der Waals surface area (Å²) >= 11 is 12.2. The number of benzene rings is 2. The van der Waals surface area contributed by atoms with E-state index >= 15 is 0 Å². The summed E-state index contributed by atoms with van der Waals surface area (Å²) in [6.45, 7) is 1.68. The fraction of sp³-hybridized carbons (Fsp3) is 0.111. The summed E-state index contributed by atoms with van der Waals surface area (Å²) in [7, 11) is 0. The van der Waals surface area contributed by atoms with Crippen LogP contribution in [0.25, 0.3) is 0 Å². The van der Waals surface area contributed by atoms with Crippen molar-refractivity contribution in [2.24, 2.45) is 0 Å². The van der Waals surface area contributed by atoms with Gasteiger partial charge in [0.05, 0.1) is 11.6 Å². The van der Waals surface area contributed by atoms with Gasteiger partial charge in [0.25, 0.3) is 5.91 Å². The number of amides is 3. The van der Waals surface area contributed by atoms with Gasteiger partial charge in [0.1, 0.15) is 0 Å². The molecule has 0 aromatic heterocycles. The maximum absolute atomic E-state index is 12.8. The number of carbonyl (C=O) groups is 2. The highest BCUT2D eigenvalue weighted by Crippen LogP contribution is 2.32. The number of hydrogen-bond donors (Lipinski definition) is 3. The van der Waals surface area contributed by atoms with Crippen molar-refractivity contribution in [2.45, 2.75) is 13.0 Å². The molecule has 5 nitrogen and oxygen atoms in total. The van der Waals surface area contributed by atoms with Crippen LogP contribution in [0.2, 0.25) is 10.0 Å². The van der Waals surface area contributed by atoms with Gasteiger partial charge < -0.3 is 16.0 Å². The topological polar surface area (TPSA) is 70.2 Å². The van der Waals surface area contributed by atoms with E-state index < -0.39 is 6.04 Å². The third-order valence-electron chi connectivity index (χ3n) is 3.81. The predicted molar refractivity (Wildman–Crippen MR) is 98.6 cm³/mol. The number of nitrogens with one attached hydrogen (secondary N) is 3. The molecule has 3 amide bonds. The molecule has 0 bridgehead atoms. The first-order valence-electron chi connectivity index (χ1n) is 7.55. The summed E-state index contributed by atoms with van der Waals surface area (Å²) in [6.07, 6.45) is 0. The van der Waals surface area contributed by atoms with Crippen LogP contribution in [0.1, 0.15) is 18.5 Å².